The minimum atomic E-state index is -3.81. The van der Waals surface area contributed by atoms with E-state index in [1.807, 2.05) is 54.6 Å². The van der Waals surface area contributed by atoms with Crippen molar-refractivity contribution in [2.24, 2.45) is 5.14 Å². The summed E-state index contributed by atoms with van der Waals surface area (Å²) in [6, 6.07) is 22.8. The molecule has 7 heteroatoms. The fraction of sp³-hybridized carbons (Fsp3) is 0.0952. The Morgan fingerprint density at radius 3 is 2.32 bits per heavy atom. The van der Waals surface area contributed by atoms with Crippen molar-refractivity contribution in [3.8, 4) is 11.1 Å². The standard InChI is InChI=1S/C21H21N3O3S/c1-15(23-17-10-7-11-18(14-17)28(22,26)27)21(25)24-20-13-6-5-12-19(20)16-8-3-2-4-9-16/h2-15,23H,1H3,(H,24,25)(H2,22,26,27)/t15-/m0/s1. The quantitative estimate of drug-likeness (QED) is 0.595. The van der Waals surface area contributed by atoms with E-state index in [1.54, 1.807) is 19.1 Å². The van der Waals surface area contributed by atoms with Crippen LogP contribution < -0.4 is 15.8 Å². The van der Waals surface area contributed by atoms with E-state index in [4.69, 9.17) is 5.14 Å². The van der Waals surface area contributed by atoms with Crippen LogP contribution in [0.2, 0.25) is 0 Å². The molecule has 1 amide bonds. The summed E-state index contributed by atoms with van der Waals surface area (Å²) in [7, 11) is -3.81. The molecule has 0 heterocycles. The molecule has 0 saturated heterocycles. The maximum atomic E-state index is 12.7. The first-order chi connectivity index (χ1) is 13.3. The number of anilines is 2. The molecule has 0 aliphatic heterocycles. The summed E-state index contributed by atoms with van der Waals surface area (Å²) >= 11 is 0. The van der Waals surface area contributed by atoms with Gasteiger partial charge in [0.2, 0.25) is 15.9 Å². The zero-order valence-electron chi connectivity index (χ0n) is 15.3. The fourth-order valence-electron chi connectivity index (χ4n) is 2.78. The minimum Gasteiger partial charge on any atom is -0.374 e. The van der Waals surface area contributed by atoms with Crippen LogP contribution >= 0.6 is 0 Å². The Hall–Kier alpha value is -3.16. The third kappa shape index (κ3) is 4.76. The Bertz CT molecular complexity index is 1080. The smallest absolute Gasteiger partial charge is 0.246 e. The van der Waals surface area contributed by atoms with Crippen LogP contribution in [0.4, 0.5) is 11.4 Å². The number of para-hydroxylation sites is 1. The molecule has 3 aromatic rings. The normalized spacial score (nSPS) is 12.2. The molecule has 1 atom stereocenters. The van der Waals surface area contributed by atoms with E-state index in [1.165, 1.54) is 12.1 Å². The van der Waals surface area contributed by atoms with E-state index < -0.39 is 16.1 Å². The highest BCUT2D eigenvalue weighted by Crippen LogP contribution is 2.27. The lowest BCUT2D eigenvalue weighted by molar-refractivity contribution is -0.116. The highest BCUT2D eigenvalue weighted by Gasteiger charge is 2.16. The Labute approximate surface area is 164 Å². The first-order valence-corrected chi connectivity index (χ1v) is 10.2. The van der Waals surface area contributed by atoms with E-state index in [2.05, 4.69) is 10.6 Å². The van der Waals surface area contributed by atoms with Crippen molar-refractivity contribution in [1.82, 2.24) is 0 Å². The van der Waals surface area contributed by atoms with E-state index in [0.717, 1.165) is 11.1 Å². The summed E-state index contributed by atoms with van der Waals surface area (Å²) < 4.78 is 23.0. The molecular formula is C21H21N3O3S. The molecule has 0 bridgehead atoms. The van der Waals surface area contributed by atoms with Gasteiger partial charge in [-0.25, -0.2) is 13.6 Å². The number of nitrogens with two attached hydrogens (primary N) is 1. The second-order valence-electron chi connectivity index (χ2n) is 6.34. The van der Waals surface area contributed by atoms with Gasteiger partial charge in [0.25, 0.3) is 0 Å². The van der Waals surface area contributed by atoms with Gasteiger partial charge in [-0.15, -0.1) is 0 Å². The van der Waals surface area contributed by atoms with Gasteiger partial charge in [-0.3, -0.25) is 4.79 Å². The average molecular weight is 395 g/mol. The minimum absolute atomic E-state index is 0.0143. The van der Waals surface area contributed by atoms with E-state index in [0.29, 0.717) is 11.4 Å². The largest absolute Gasteiger partial charge is 0.374 e. The summed E-state index contributed by atoms with van der Waals surface area (Å²) in [5.41, 5.74) is 3.11. The summed E-state index contributed by atoms with van der Waals surface area (Å²) in [4.78, 5) is 12.7. The van der Waals surface area contributed by atoms with E-state index in [-0.39, 0.29) is 10.8 Å². The molecule has 0 saturated carbocycles. The molecule has 28 heavy (non-hydrogen) atoms. The molecule has 0 unspecified atom stereocenters. The van der Waals surface area contributed by atoms with Gasteiger partial charge in [0, 0.05) is 16.9 Å². The number of carbonyl (C=O) groups excluding carboxylic acids is 1. The first-order valence-electron chi connectivity index (χ1n) is 8.69. The Morgan fingerprint density at radius 1 is 0.929 bits per heavy atom. The molecule has 0 fully saturated rings. The summed E-state index contributed by atoms with van der Waals surface area (Å²) in [6.45, 7) is 1.70. The summed E-state index contributed by atoms with van der Waals surface area (Å²) in [6.07, 6.45) is 0. The van der Waals surface area contributed by atoms with Gasteiger partial charge in [-0.1, -0.05) is 54.6 Å². The topological polar surface area (TPSA) is 101 Å². The van der Waals surface area contributed by atoms with Crippen LogP contribution in [0.3, 0.4) is 0 Å². The van der Waals surface area contributed by atoms with Crippen LogP contribution in [-0.2, 0) is 14.8 Å². The lowest BCUT2D eigenvalue weighted by atomic mass is 10.0. The van der Waals surface area contributed by atoms with Crippen molar-refractivity contribution < 1.29 is 13.2 Å². The van der Waals surface area contributed by atoms with Crippen molar-refractivity contribution in [3.05, 3.63) is 78.9 Å². The van der Waals surface area contributed by atoms with Crippen molar-refractivity contribution in [1.29, 1.82) is 0 Å². The fourth-order valence-corrected chi connectivity index (χ4v) is 3.34. The molecule has 0 aliphatic rings. The van der Waals surface area contributed by atoms with Crippen LogP contribution in [0.25, 0.3) is 11.1 Å². The zero-order valence-corrected chi connectivity index (χ0v) is 16.1. The van der Waals surface area contributed by atoms with Crippen LogP contribution in [-0.4, -0.2) is 20.4 Å². The highest BCUT2D eigenvalue weighted by molar-refractivity contribution is 7.89. The predicted octanol–water partition coefficient (Wildman–Crippen LogP) is 3.44. The number of hydrogen-bond acceptors (Lipinski definition) is 4. The van der Waals surface area contributed by atoms with Crippen LogP contribution in [0.15, 0.2) is 83.8 Å². The second kappa shape index (κ2) is 8.24. The van der Waals surface area contributed by atoms with Crippen LogP contribution in [0.1, 0.15) is 6.92 Å². The average Bonchev–Trinajstić information content (AvgIpc) is 2.68. The molecular weight excluding hydrogens is 374 g/mol. The Kier molecular flexibility index (Phi) is 5.77. The van der Waals surface area contributed by atoms with Crippen LogP contribution in [0, 0.1) is 0 Å². The summed E-state index contributed by atoms with van der Waals surface area (Å²) in [5.74, 6) is -0.246. The SMILES string of the molecule is C[C@H](Nc1cccc(S(N)(=O)=O)c1)C(=O)Nc1ccccc1-c1ccccc1. The van der Waals surface area contributed by atoms with Gasteiger partial charge in [0.05, 0.1) is 4.90 Å². The van der Waals surface area contributed by atoms with Gasteiger partial charge in [-0.05, 0) is 36.8 Å². The number of amides is 1. The van der Waals surface area contributed by atoms with Crippen molar-refractivity contribution in [2.75, 3.05) is 10.6 Å². The van der Waals surface area contributed by atoms with Gasteiger partial charge in [-0.2, -0.15) is 0 Å². The monoisotopic (exact) mass is 395 g/mol. The number of carbonyl (C=O) groups is 1. The number of benzene rings is 3. The third-order valence-electron chi connectivity index (χ3n) is 4.21. The first kappa shape index (κ1) is 19.6. The molecule has 0 aliphatic carbocycles. The number of sulfonamides is 1. The van der Waals surface area contributed by atoms with Crippen molar-refractivity contribution >= 4 is 27.3 Å². The van der Waals surface area contributed by atoms with Gasteiger partial charge >= 0.3 is 0 Å². The molecule has 3 rings (SSSR count). The van der Waals surface area contributed by atoms with Crippen molar-refractivity contribution in [2.45, 2.75) is 17.9 Å². The molecule has 0 radical (unpaired) electrons. The highest BCUT2D eigenvalue weighted by atomic mass is 32.2. The van der Waals surface area contributed by atoms with Gasteiger partial charge in [0.15, 0.2) is 0 Å². The van der Waals surface area contributed by atoms with E-state index >= 15 is 0 Å². The molecule has 6 nitrogen and oxygen atoms in total. The second-order valence-corrected chi connectivity index (χ2v) is 7.90. The number of primary sulfonamides is 1. The van der Waals surface area contributed by atoms with Crippen molar-refractivity contribution in [3.63, 3.8) is 0 Å². The number of rotatable bonds is 6. The maximum Gasteiger partial charge on any atom is 0.246 e. The molecule has 0 spiro atoms. The molecule has 0 aromatic heterocycles. The summed E-state index contributed by atoms with van der Waals surface area (Å²) in [5, 5.41) is 11.1. The third-order valence-corrected chi connectivity index (χ3v) is 5.12. The van der Waals surface area contributed by atoms with Crippen LogP contribution in [0.5, 0.6) is 0 Å². The molecule has 3 aromatic carbocycles. The number of hydrogen-bond donors (Lipinski definition) is 3. The lowest BCUT2D eigenvalue weighted by Gasteiger charge is -2.17. The van der Waals surface area contributed by atoms with Gasteiger partial charge in [0.1, 0.15) is 6.04 Å². The van der Waals surface area contributed by atoms with Gasteiger partial charge < -0.3 is 10.6 Å². The molecule has 4 N–H and O–H groups in total. The Morgan fingerprint density at radius 2 is 1.61 bits per heavy atom. The van der Waals surface area contributed by atoms with E-state index in [9.17, 15) is 13.2 Å². The Balaban J connectivity index is 1.76. The maximum absolute atomic E-state index is 12.7. The lowest BCUT2D eigenvalue weighted by Crippen LogP contribution is -2.32. The number of nitrogens with one attached hydrogen (secondary N) is 2. The molecule has 144 valence electrons. The zero-order chi connectivity index (χ0) is 20.1. The predicted molar refractivity (Wildman–Crippen MR) is 111 cm³/mol.